The van der Waals surface area contributed by atoms with Crippen LogP contribution in [0.2, 0.25) is 0 Å². The van der Waals surface area contributed by atoms with Gasteiger partial charge in [0.1, 0.15) is 0 Å². The molecule has 0 aliphatic heterocycles. The van der Waals surface area contributed by atoms with E-state index in [0.717, 1.165) is 42.4 Å². The number of halogens is 2. The van der Waals surface area contributed by atoms with Crippen molar-refractivity contribution < 1.29 is 20.8 Å². The second kappa shape index (κ2) is 19.7. The van der Waals surface area contributed by atoms with Crippen molar-refractivity contribution in [2.24, 2.45) is 41.4 Å². The van der Waals surface area contributed by atoms with Crippen molar-refractivity contribution in [3.8, 4) is 11.1 Å². The molecule has 3 heteroatoms. The van der Waals surface area contributed by atoms with Crippen molar-refractivity contribution in [2.75, 3.05) is 0 Å². The number of hydrogen-bond donors (Lipinski definition) is 0. The van der Waals surface area contributed by atoms with Crippen LogP contribution in [0.3, 0.4) is 0 Å². The van der Waals surface area contributed by atoms with Crippen LogP contribution in [-0.4, -0.2) is 0 Å². The first kappa shape index (κ1) is 40.1. The summed E-state index contributed by atoms with van der Waals surface area (Å²) >= 11 is -0.826. The van der Waals surface area contributed by atoms with Gasteiger partial charge in [0.05, 0.1) is 0 Å². The van der Waals surface area contributed by atoms with E-state index in [1.54, 1.807) is 57.8 Å². The van der Waals surface area contributed by atoms with Gasteiger partial charge in [-0.3, -0.25) is 0 Å². The van der Waals surface area contributed by atoms with Crippen LogP contribution in [0.15, 0.2) is 42.0 Å². The normalized spacial score (nSPS) is 29.8. The Kier molecular flexibility index (Phi) is 17.2. The van der Waals surface area contributed by atoms with E-state index in [9.17, 15) is 0 Å². The molecule has 0 bridgehead atoms. The predicted octanol–water partition coefficient (Wildman–Crippen LogP) is 14.4. The van der Waals surface area contributed by atoms with Gasteiger partial charge in [0, 0.05) is 0 Å². The molecule has 0 spiro atoms. The van der Waals surface area contributed by atoms with Gasteiger partial charge in [-0.05, 0) is 139 Å². The van der Waals surface area contributed by atoms with Gasteiger partial charge in [-0.25, -0.2) is 0 Å². The van der Waals surface area contributed by atoms with E-state index >= 15 is 0 Å². The van der Waals surface area contributed by atoms with Gasteiger partial charge in [0.25, 0.3) is 0 Å². The topological polar surface area (TPSA) is 0 Å². The van der Waals surface area contributed by atoms with Crippen LogP contribution >= 0.6 is 17.0 Å². The summed E-state index contributed by atoms with van der Waals surface area (Å²) in [5, 5.41) is 0. The zero-order chi connectivity index (χ0) is 31.1. The summed E-state index contributed by atoms with van der Waals surface area (Å²) < 4.78 is 0. The Hall–Kier alpha value is -0.357. The van der Waals surface area contributed by atoms with Gasteiger partial charge in [-0.15, -0.1) is 0 Å². The second-order valence-corrected chi connectivity index (χ2v) is 18.7. The molecule has 0 amide bonds. The summed E-state index contributed by atoms with van der Waals surface area (Å²) in [5.74, 6) is 8.01. The molecule has 9 rings (SSSR count). The fraction of sp³-hybridized carbons (Fsp3) is 0.628. The van der Waals surface area contributed by atoms with E-state index in [4.69, 9.17) is 17.0 Å². The Morgan fingerprint density at radius 3 is 1.91 bits per heavy atom. The van der Waals surface area contributed by atoms with Crippen molar-refractivity contribution in [1.29, 1.82) is 0 Å². The van der Waals surface area contributed by atoms with Gasteiger partial charge in [-0.2, -0.15) is 0 Å². The van der Waals surface area contributed by atoms with Crippen LogP contribution in [0.1, 0.15) is 140 Å². The van der Waals surface area contributed by atoms with E-state index in [0.29, 0.717) is 0 Å². The van der Waals surface area contributed by atoms with Gasteiger partial charge in [-0.1, -0.05) is 114 Å². The average Bonchev–Trinajstić information content (AvgIpc) is 3.87. The SMILES string of the molecule is C1CCCC1.CC.CC1=Cc2cc3c(cc2C1)-c1ccccc1C3.CC1CC2CC3CC4CCCCC4C3CC2C1.[CH3-].[CH3-].[Cl][Zr+2][Cl]. The minimum absolute atomic E-state index is 0. The summed E-state index contributed by atoms with van der Waals surface area (Å²) in [6, 6.07) is 13.6. The van der Waals surface area contributed by atoms with Gasteiger partial charge in [0.2, 0.25) is 0 Å². The zero-order valence-corrected chi connectivity index (χ0v) is 34.1. The zero-order valence-electron chi connectivity index (χ0n) is 30.2. The molecule has 254 valence electrons. The van der Waals surface area contributed by atoms with Crippen LogP contribution in [0, 0.1) is 56.3 Å². The maximum atomic E-state index is 4.93. The summed E-state index contributed by atoms with van der Waals surface area (Å²) in [4.78, 5) is 0. The standard InChI is InChI=1S/C17H28.C17H14.C5H10.C2H6.2CH3.2ClH.Zr/c2*1-11-6-13-9-15-8-12-4-2-3-5-16(12)17(15)10-14(13)7-11;1-2-4-5-3-1;1-2;;;;;/h11-17H,2-10H2,1H3;2-6,9-10H,7-8H2,1H3;1-5H2;1-2H3;2*1H3;2*1H;/q;;;;2*-1;;;+4/p-2. The molecule has 7 aliphatic carbocycles. The van der Waals surface area contributed by atoms with Crippen molar-refractivity contribution in [1.82, 2.24) is 0 Å². The van der Waals surface area contributed by atoms with Gasteiger partial charge in [0.15, 0.2) is 0 Å². The fourth-order valence-corrected chi connectivity index (χ4v) is 10.5. The van der Waals surface area contributed by atoms with Crippen molar-refractivity contribution >= 4 is 23.1 Å². The van der Waals surface area contributed by atoms with Crippen LogP contribution in [0.4, 0.5) is 0 Å². The molecule has 46 heavy (non-hydrogen) atoms. The quantitative estimate of drug-likeness (QED) is 0.201. The van der Waals surface area contributed by atoms with Crippen LogP contribution in [0.5, 0.6) is 0 Å². The summed E-state index contributed by atoms with van der Waals surface area (Å²) in [5.41, 5.74) is 10.3. The first-order chi connectivity index (χ1) is 21.5. The third-order valence-electron chi connectivity index (χ3n) is 12.2. The molecule has 7 atom stereocenters. The van der Waals surface area contributed by atoms with Crippen LogP contribution in [0.25, 0.3) is 17.2 Å². The molecule has 5 saturated carbocycles. The first-order valence-electron chi connectivity index (χ1n) is 18.4. The molecule has 0 N–H and O–H groups in total. The van der Waals surface area contributed by atoms with E-state index in [1.807, 2.05) is 13.8 Å². The molecular formula is C43H64Cl2Zr. The molecule has 0 aromatic heterocycles. The predicted molar refractivity (Wildman–Crippen MR) is 203 cm³/mol. The third kappa shape index (κ3) is 9.66. The first-order valence-corrected chi connectivity index (χ1v) is 24.7. The number of allylic oxidation sites excluding steroid dienone is 1. The summed E-state index contributed by atoms with van der Waals surface area (Å²) in [6.45, 7) is 8.72. The summed E-state index contributed by atoms with van der Waals surface area (Å²) in [7, 11) is 9.87. The molecule has 0 saturated heterocycles. The Bertz CT molecular complexity index is 1220. The van der Waals surface area contributed by atoms with Crippen molar-refractivity contribution in [3.63, 3.8) is 0 Å². The molecule has 7 aliphatic rings. The molecule has 2 aromatic carbocycles. The Balaban J connectivity index is 0.000000188. The molecule has 0 radical (unpaired) electrons. The number of rotatable bonds is 0. The Morgan fingerprint density at radius 1 is 0.609 bits per heavy atom. The molecular weight excluding hydrogens is 679 g/mol. The van der Waals surface area contributed by atoms with E-state index in [1.165, 1.54) is 82.9 Å². The monoisotopic (exact) mass is 740 g/mol. The van der Waals surface area contributed by atoms with Crippen LogP contribution in [-0.2, 0) is 33.7 Å². The molecule has 0 nitrogen and oxygen atoms in total. The maximum absolute atomic E-state index is 4.93. The second-order valence-electron chi connectivity index (χ2n) is 15.0. The minimum atomic E-state index is -0.826. The number of benzene rings is 2. The van der Waals surface area contributed by atoms with Crippen molar-refractivity contribution in [2.45, 2.75) is 130 Å². The van der Waals surface area contributed by atoms with E-state index in [2.05, 4.69) is 56.3 Å². The molecule has 7 unspecified atom stereocenters. The van der Waals surface area contributed by atoms with E-state index in [-0.39, 0.29) is 14.9 Å². The fourth-order valence-electron chi connectivity index (χ4n) is 10.5. The Labute approximate surface area is 304 Å². The van der Waals surface area contributed by atoms with Gasteiger partial charge < -0.3 is 14.9 Å². The molecule has 2 aromatic rings. The average molecular weight is 743 g/mol. The molecule has 0 heterocycles. The molecule has 5 fully saturated rings. The van der Waals surface area contributed by atoms with Gasteiger partial charge >= 0.3 is 37.9 Å². The summed E-state index contributed by atoms with van der Waals surface area (Å²) in [6.07, 6.45) is 26.4. The Morgan fingerprint density at radius 2 is 1.22 bits per heavy atom. The number of fused-ring (bicyclic) bond motifs is 8. The third-order valence-corrected chi connectivity index (χ3v) is 12.2. The van der Waals surface area contributed by atoms with Crippen molar-refractivity contribution in [3.05, 3.63) is 79.1 Å². The van der Waals surface area contributed by atoms with Crippen LogP contribution < -0.4 is 0 Å². The van der Waals surface area contributed by atoms with E-state index < -0.39 is 20.8 Å². The number of hydrogen-bond acceptors (Lipinski definition) is 0.